The van der Waals surface area contributed by atoms with Gasteiger partial charge in [-0.25, -0.2) is 0 Å². The molecule has 1 aliphatic rings. The van der Waals surface area contributed by atoms with Gasteiger partial charge >= 0.3 is 0 Å². The van der Waals surface area contributed by atoms with Gasteiger partial charge in [-0.15, -0.1) is 11.6 Å². The Morgan fingerprint density at radius 1 is 1.75 bits per heavy atom. The number of amides is 1. The zero-order valence-corrected chi connectivity index (χ0v) is 7.14. The van der Waals surface area contributed by atoms with Crippen LogP contribution in [-0.2, 0) is 17.9 Å². The largest absolute Gasteiger partial charge is 0.331 e. The second-order valence-corrected chi connectivity index (χ2v) is 3.02. The van der Waals surface area contributed by atoms with Gasteiger partial charge in [0.1, 0.15) is 5.88 Å². The summed E-state index contributed by atoms with van der Waals surface area (Å²) in [5.41, 5.74) is 2.11. The standard InChI is InChI=1S/C7H8ClN3O/c8-1-7(12)11-3-5-2-9-10-6(5)4-11/h2H,1,3-4H2,(H,9,10). The molecule has 1 amide bonds. The molecule has 0 spiro atoms. The first-order valence-corrected chi connectivity index (χ1v) is 4.19. The minimum atomic E-state index is -0.0266. The molecule has 0 unspecified atom stereocenters. The van der Waals surface area contributed by atoms with Gasteiger partial charge in [0, 0.05) is 12.1 Å². The van der Waals surface area contributed by atoms with E-state index in [1.165, 1.54) is 0 Å². The van der Waals surface area contributed by atoms with Gasteiger partial charge in [0.25, 0.3) is 0 Å². The molecule has 4 nitrogen and oxygen atoms in total. The maximum absolute atomic E-state index is 11.1. The monoisotopic (exact) mass is 185 g/mol. The molecule has 2 rings (SSSR count). The molecule has 0 saturated heterocycles. The zero-order valence-electron chi connectivity index (χ0n) is 6.38. The van der Waals surface area contributed by atoms with Crippen molar-refractivity contribution in [2.75, 3.05) is 5.88 Å². The highest BCUT2D eigenvalue weighted by Gasteiger charge is 2.23. The van der Waals surface area contributed by atoms with Crippen LogP contribution in [0.2, 0.25) is 0 Å². The van der Waals surface area contributed by atoms with Gasteiger partial charge in [-0.3, -0.25) is 9.89 Å². The molecule has 0 saturated carbocycles. The van der Waals surface area contributed by atoms with Crippen LogP contribution in [-0.4, -0.2) is 26.9 Å². The highest BCUT2D eigenvalue weighted by atomic mass is 35.5. The third-order valence-corrected chi connectivity index (χ3v) is 2.21. The summed E-state index contributed by atoms with van der Waals surface area (Å²) in [4.78, 5) is 12.8. The van der Waals surface area contributed by atoms with Crippen molar-refractivity contribution in [2.24, 2.45) is 0 Å². The van der Waals surface area contributed by atoms with Gasteiger partial charge in [0.2, 0.25) is 5.91 Å². The van der Waals surface area contributed by atoms with Crippen molar-refractivity contribution in [1.82, 2.24) is 15.1 Å². The SMILES string of the molecule is O=C(CCl)N1Cc2cn[nH]c2C1. The normalized spacial score (nSPS) is 14.9. The van der Waals surface area contributed by atoms with E-state index in [2.05, 4.69) is 10.2 Å². The topological polar surface area (TPSA) is 49.0 Å². The number of alkyl halides is 1. The van der Waals surface area contributed by atoms with Crippen LogP contribution in [0.15, 0.2) is 6.20 Å². The number of hydrogen-bond acceptors (Lipinski definition) is 2. The molecule has 12 heavy (non-hydrogen) atoms. The molecule has 0 aromatic carbocycles. The lowest BCUT2D eigenvalue weighted by Crippen LogP contribution is -2.26. The van der Waals surface area contributed by atoms with Gasteiger partial charge in [-0.2, -0.15) is 5.10 Å². The van der Waals surface area contributed by atoms with Crippen LogP contribution in [0, 0.1) is 0 Å². The molecular weight excluding hydrogens is 178 g/mol. The molecule has 0 fully saturated rings. The van der Waals surface area contributed by atoms with Crippen LogP contribution in [0.5, 0.6) is 0 Å². The van der Waals surface area contributed by atoms with Crippen LogP contribution in [0.1, 0.15) is 11.3 Å². The third-order valence-electron chi connectivity index (χ3n) is 1.98. The summed E-state index contributed by atoms with van der Waals surface area (Å²) in [6.07, 6.45) is 1.75. The van der Waals surface area contributed by atoms with E-state index >= 15 is 0 Å². The van der Waals surface area contributed by atoms with E-state index in [1.54, 1.807) is 11.1 Å². The van der Waals surface area contributed by atoms with Crippen LogP contribution in [0.4, 0.5) is 0 Å². The molecule has 1 aliphatic heterocycles. The number of fused-ring (bicyclic) bond motifs is 1. The number of halogens is 1. The van der Waals surface area contributed by atoms with E-state index in [0.717, 1.165) is 11.3 Å². The Labute approximate surface area is 74.5 Å². The molecular formula is C7H8ClN3O. The highest BCUT2D eigenvalue weighted by Crippen LogP contribution is 2.19. The average molecular weight is 186 g/mol. The van der Waals surface area contributed by atoms with Crippen LogP contribution >= 0.6 is 11.6 Å². The lowest BCUT2D eigenvalue weighted by Gasteiger charge is -2.12. The first-order chi connectivity index (χ1) is 5.81. The molecule has 1 aromatic rings. The summed E-state index contributed by atoms with van der Waals surface area (Å²) in [5.74, 6) is 0.0267. The van der Waals surface area contributed by atoms with Gasteiger partial charge in [-0.05, 0) is 0 Å². The van der Waals surface area contributed by atoms with Gasteiger partial charge in [-0.1, -0.05) is 0 Å². The van der Waals surface area contributed by atoms with Crippen molar-refractivity contribution >= 4 is 17.5 Å². The lowest BCUT2D eigenvalue weighted by molar-refractivity contribution is -0.129. The number of nitrogens with one attached hydrogen (secondary N) is 1. The van der Waals surface area contributed by atoms with Crippen molar-refractivity contribution < 1.29 is 4.79 Å². The Balaban J connectivity index is 2.12. The fraction of sp³-hybridized carbons (Fsp3) is 0.429. The van der Waals surface area contributed by atoms with E-state index < -0.39 is 0 Å². The van der Waals surface area contributed by atoms with Crippen LogP contribution < -0.4 is 0 Å². The molecule has 0 bridgehead atoms. The van der Waals surface area contributed by atoms with Crippen molar-refractivity contribution in [3.05, 3.63) is 17.5 Å². The van der Waals surface area contributed by atoms with Gasteiger partial charge in [0.15, 0.2) is 0 Å². The zero-order chi connectivity index (χ0) is 8.55. The smallest absolute Gasteiger partial charge is 0.238 e. The Morgan fingerprint density at radius 2 is 2.58 bits per heavy atom. The molecule has 0 atom stereocenters. The third kappa shape index (κ3) is 1.08. The first-order valence-electron chi connectivity index (χ1n) is 3.66. The van der Waals surface area contributed by atoms with Gasteiger partial charge in [0.05, 0.1) is 18.4 Å². The van der Waals surface area contributed by atoms with Crippen molar-refractivity contribution in [3.8, 4) is 0 Å². The molecule has 0 radical (unpaired) electrons. The highest BCUT2D eigenvalue weighted by molar-refractivity contribution is 6.27. The Kier molecular flexibility index (Phi) is 1.77. The number of carbonyl (C=O) groups excluding carboxylic acids is 1. The summed E-state index contributed by atoms with van der Waals surface area (Å²) >= 11 is 5.42. The number of aromatic nitrogens is 2. The van der Waals surface area contributed by atoms with Crippen molar-refractivity contribution in [1.29, 1.82) is 0 Å². The van der Waals surface area contributed by atoms with E-state index in [9.17, 15) is 4.79 Å². The summed E-state index contributed by atoms with van der Waals surface area (Å²) in [5, 5.41) is 6.71. The second-order valence-electron chi connectivity index (χ2n) is 2.76. The first kappa shape index (κ1) is 7.61. The Morgan fingerprint density at radius 3 is 3.25 bits per heavy atom. The van der Waals surface area contributed by atoms with Gasteiger partial charge < -0.3 is 4.90 Å². The fourth-order valence-electron chi connectivity index (χ4n) is 1.32. The predicted molar refractivity (Wildman–Crippen MR) is 43.6 cm³/mol. The van der Waals surface area contributed by atoms with Crippen molar-refractivity contribution in [3.63, 3.8) is 0 Å². The maximum Gasteiger partial charge on any atom is 0.238 e. The summed E-state index contributed by atoms with van der Waals surface area (Å²) < 4.78 is 0. The number of rotatable bonds is 1. The van der Waals surface area contributed by atoms with E-state index in [0.29, 0.717) is 13.1 Å². The Bertz CT molecular complexity index is 289. The molecule has 0 aliphatic carbocycles. The minimum Gasteiger partial charge on any atom is -0.331 e. The fourth-order valence-corrected chi connectivity index (χ4v) is 1.49. The number of H-pyrrole nitrogens is 1. The number of aromatic amines is 1. The molecule has 5 heteroatoms. The molecule has 2 heterocycles. The minimum absolute atomic E-state index is 0.0266. The number of hydrogen-bond donors (Lipinski definition) is 1. The molecule has 1 N–H and O–H groups in total. The number of carbonyl (C=O) groups is 1. The summed E-state index contributed by atoms with van der Waals surface area (Å²) in [7, 11) is 0. The quantitative estimate of drug-likeness (QED) is 0.648. The molecule has 64 valence electrons. The Hall–Kier alpha value is -1.03. The maximum atomic E-state index is 11.1. The lowest BCUT2D eigenvalue weighted by atomic mass is 10.3. The van der Waals surface area contributed by atoms with Crippen LogP contribution in [0.25, 0.3) is 0 Å². The van der Waals surface area contributed by atoms with Crippen molar-refractivity contribution in [2.45, 2.75) is 13.1 Å². The summed E-state index contributed by atoms with van der Waals surface area (Å²) in [6.45, 7) is 1.25. The van der Waals surface area contributed by atoms with E-state index in [1.807, 2.05) is 0 Å². The summed E-state index contributed by atoms with van der Waals surface area (Å²) in [6, 6.07) is 0. The van der Waals surface area contributed by atoms with Crippen LogP contribution in [0.3, 0.4) is 0 Å². The second kappa shape index (κ2) is 2.79. The average Bonchev–Trinajstić information content (AvgIpc) is 2.60. The van der Waals surface area contributed by atoms with E-state index in [4.69, 9.17) is 11.6 Å². The molecule has 1 aromatic heterocycles. The number of nitrogens with zero attached hydrogens (tertiary/aromatic N) is 2. The predicted octanol–water partition coefficient (Wildman–Crippen LogP) is 0.491. The van der Waals surface area contributed by atoms with E-state index in [-0.39, 0.29) is 11.8 Å².